The van der Waals surface area contributed by atoms with Crippen LogP contribution in [0.2, 0.25) is 0 Å². The van der Waals surface area contributed by atoms with Crippen LogP contribution in [0.25, 0.3) is 0 Å². The first-order valence-corrected chi connectivity index (χ1v) is 11.2. The molecule has 4 bridgehead atoms. The molecule has 0 aromatic carbocycles. The molecule has 5 aliphatic rings. The highest BCUT2D eigenvalue weighted by atomic mass is 16.5. The molecular weight excluding hydrogens is 358 g/mol. The van der Waals surface area contributed by atoms with Gasteiger partial charge >= 0.3 is 0 Å². The molecule has 4 saturated carbocycles. The van der Waals surface area contributed by atoms with E-state index in [-0.39, 0.29) is 6.61 Å². The van der Waals surface area contributed by atoms with Crippen molar-refractivity contribution in [1.82, 2.24) is 5.32 Å². The molecular formula is C22H37NO5. The van der Waals surface area contributed by atoms with Gasteiger partial charge in [-0.3, -0.25) is 0 Å². The van der Waals surface area contributed by atoms with Crippen LogP contribution in [0.1, 0.15) is 51.4 Å². The van der Waals surface area contributed by atoms with Crippen LogP contribution in [0.5, 0.6) is 0 Å². The quantitative estimate of drug-likeness (QED) is 0.310. The molecule has 28 heavy (non-hydrogen) atoms. The lowest BCUT2D eigenvalue weighted by atomic mass is 9.50. The minimum absolute atomic E-state index is 0.284. The summed E-state index contributed by atoms with van der Waals surface area (Å²) in [5.74, 6) is 2.89. The number of unbranched alkanes of at least 4 members (excludes halogenated alkanes) is 1. The maximum atomic E-state index is 10.1. The number of piperidine rings is 1. The summed E-state index contributed by atoms with van der Waals surface area (Å²) in [5, 5.41) is 42.1. The van der Waals surface area contributed by atoms with Crippen LogP contribution < -0.4 is 5.32 Å². The highest BCUT2D eigenvalue weighted by Crippen LogP contribution is 2.60. The molecule has 1 aliphatic heterocycles. The van der Waals surface area contributed by atoms with Crippen LogP contribution in [0.15, 0.2) is 12.2 Å². The van der Waals surface area contributed by atoms with Crippen LogP contribution in [-0.4, -0.2) is 70.6 Å². The fraction of sp³-hybridized carbons (Fsp3) is 0.909. The number of allylic oxidation sites excluding steroid dienone is 1. The van der Waals surface area contributed by atoms with Gasteiger partial charge in [0.2, 0.25) is 0 Å². The maximum absolute atomic E-state index is 10.1. The van der Waals surface area contributed by atoms with E-state index >= 15 is 0 Å². The van der Waals surface area contributed by atoms with Crippen LogP contribution in [0.3, 0.4) is 0 Å². The predicted molar refractivity (Wildman–Crippen MR) is 106 cm³/mol. The highest BCUT2D eigenvalue weighted by Gasteiger charge is 2.50. The number of hydrogen-bond donors (Lipinski definition) is 5. The van der Waals surface area contributed by atoms with Gasteiger partial charge in [0.25, 0.3) is 0 Å². The van der Waals surface area contributed by atoms with Gasteiger partial charge in [-0.15, -0.1) is 0 Å². The molecule has 4 aliphatic carbocycles. The average Bonchev–Trinajstić information content (AvgIpc) is 2.66. The van der Waals surface area contributed by atoms with E-state index in [1.807, 2.05) is 12.2 Å². The Labute approximate surface area is 168 Å². The molecule has 5 atom stereocenters. The molecule has 1 heterocycles. The van der Waals surface area contributed by atoms with Crippen LogP contribution in [-0.2, 0) is 4.74 Å². The molecule has 0 amide bonds. The second-order valence-corrected chi connectivity index (χ2v) is 9.99. The summed E-state index contributed by atoms with van der Waals surface area (Å²) in [4.78, 5) is 0. The van der Waals surface area contributed by atoms with E-state index in [0.717, 1.165) is 43.8 Å². The van der Waals surface area contributed by atoms with Crippen molar-refractivity contribution in [3.63, 3.8) is 0 Å². The van der Waals surface area contributed by atoms with Crippen molar-refractivity contribution in [2.45, 2.75) is 81.8 Å². The fourth-order valence-corrected chi connectivity index (χ4v) is 6.73. The van der Waals surface area contributed by atoms with E-state index in [4.69, 9.17) is 4.74 Å². The number of rotatable bonds is 8. The summed E-state index contributed by atoms with van der Waals surface area (Å²) >= 11 is 0. The van der Waals surface area contributed by atoms with Crippen molar-refractivity contribution in [3.8, 4) is 0 Å². The Bertz CT molecular complexity index is 516. The van der Waals surface area contributed by atoms with Crippen molar-refractivity contribution < 1.29 is 25.2 Å². The van der Waals surface area contributed by atoms with Gasteiger partial charge in [0.15, 0.2) is 0 Å². The standard InChI is InChI=1S/C22H37NO5/c24-12-18-20(26)21(27)19(25)17(23-18)4-2-1-3-5-28-13-22-9-14-6-15(10-22)8-16(7-14)11-22/h2,4,14-21,23-27H,1,3,5-13H2/b4-2+/t14?,15?,16?,17-,18+,19-,20+,21+,22?/m0/s1. The van der Waals surface area contributed by atoms with Gasteiger partial charge in [-0.25, -0.2) is 0 Å². The van der Waals surface area contributed by atoms with E-state index in [0.29, 0.717) is 5.41 Å². The van der Waals surface area contributed by atoms with Gasteiger partial charge in [0.1, 0.15) is 12.2 Å². The summed E-state index contributed by atoms with van der Waals surface area (Å²) in [7, 11) is 0. The van der Waals surface area contributed by atoms with Crippen molar-refractivity contribution >= 4 is 0 Å². The second-order valence-electron chi connectivity index (χ2n) is 9.99. The Hall–Kier alpha value is -0.500. The number of aliphatic hydroxyl groups is 4. The predicted octanol–water partition coefficient (Wildman–Crippen LogP) is 0.971. The molecule has 0 unspecified atom stereocenters. The third-order valence-electron chi connectivity index (χ3n) is 7.66. The van der Waals surface area contributed by atoms with E-state index < -0.39 is 30.4 Å². The van der Waals surface area contributed by atoms with Crippen molar-refractivity contribution in [2.24, 2.45) is 23.2 Å². The van der Waals surface area contributed by atoms with Crippen molar-refractivity contribution in [3.05, 3.63) is 12.2 Å². The SMILES string of the molecule is OC[C@H]1N[C@@H](/C=C/CCCOCC23CC4CC(CC(C4)C2)C3)[C@H](O)[C@@H](O)[C@@H]1O. The molecule has 6 heteroatoms. The first-order valence-electron chi connectivity index (χ1n) is 11.2. The Morgan fingerprint density at radius 2 is 1.57 bits per heavy atom. The summed E-state index contributed by atoms with van der Waals surface area (Å²) in [6.07, 6.45) is 10.6. The van der Waals surface area contributed by atoms with E-state index in [1.54, 1.807) is 0 Å². The fourth-order valence-electron chi connectivity index (χ4n) is 6.73. The van der Waals surface area contributed by atoms with E-state index in [1.165, 1.54) is 38.5 Å². The molecule has 5 rings (SSSR count). The van der Waals surface area contributed by atoms with Gasteiger partial charge in [-0.2, -0.15) is 0 Å². The normalized spacial score (nSPS) is 47.9. The lowest BCUT2D eigenvalue weighted by Crippen LogP contribution is -2.65. The maximum Gasteiger partial charge on any atom is 0.109 e. The number of aliphatic hydroxyl groups excluding tert-OH is 4. The second kappa shape index (κ2) is 8.70. The van der Waals surface area contributed by atoms with Crippen LogP contribution in [0, 0.1) is 23.2 Å². The Morgan fingerprint density at radius 1 is 0.929 bits per heavy atom. The van der Waals surface area contributed by atoms with E-state index in [9.17, 15) is 20.4 Å². The van der Waals surface area contributed by atoms with Crippen molar-refractivity contribution in [1.29, 1.82) is 0 Å². The average molecular weight is 396 g/mol. The highest BCUT2D eigenvalue weighted by molar-refractivity contribution is 5.07. The zero-order valence-electron chi connectivity index (χ0n) is 16.7. The molecule has 160 valence electrons. The number of hydrogen-bond acceptors (Lipinski definition) is 6. The topological polar surface area (TPSA) is 102 Å². The van der Waals surface area contributed by atoms with Crippen molar-refractivity contribution in [2.75, 3.05) is 19.8 Å². The molecule has 0 aromatic heterocycles. The molecule has 0 radical (unpaired) electrons. The van der Waals surface area contributed by atoms with E-state index in [2.05, 4.69) is 5.32 Å². The van der Waals surface area contributed by atoms with Gasteiger partial charge < -0.3 is 30.5 Å². The number of ether oxygens (including phenoxy) is 1. The Kier molecular flexibility index (Phi) is 6.45. The minimum atomic E-state index is -1.25. The zero-order chi connectivity index (χ0) is 19.7. The molecule has 0 spiro atoms. The smallest absolute Gasteiger partial charge is 0.109 e. The van der Waals surface area contributed by atoms with Gasteiger partial charge in [0.05, 0.1) is 31.4 Å². The summed E-state index contributed by atoms with van der Waals surface area (Å²) in [6.45, 7) is 1.40. The third-order valence-corrected chi connectivity index (χ3v) is 7.66. The Balaban J connectivity index is 1.15. The lowest BCUT2D eigenvalue weighted by Gasteiger charge is -2.56. The molecule has 5 N–H and O–H groups in total. The van der Waals surface area contributed by atoms with Gasteiger partial charge in [0, 0.05) is 6.61 Å². The molecule has 1 saturated heterocycles. The first-order chi connectivity index (χ1) is 13.5. The Morgan fingerprint density at radius 3 is 2.18 bits per heavy atom. The summed E-state index contributed by atoms with van der Waals surface area (Å²) in [6, 6.07) is -1.10. The van der Waals surface area contributed by atoms with Gasteiger partial charge in [-0.05, 0) is 74.5 Å². The number of nitrogens with one attached hydrogen (secondary N) is 1. The van der Waals surface area contributed by atoms with Gasteiger partial charge in [-0.1, -0.05) is 12.2 Å². The monoisotopic (exact) mass is 395 g/mol. The summed E-state index contributed by atoms with van der Waals surface area (Å²) < 4.78 is 6.09. The largest absolute Gasteiger partial charge is 0.395 e. The zero-order valence-corrected chi connectivity index (χ0v) is 16.7. The molecule has 0 aromatic rings. The van der Waals surface area contributed by atoms with Crippen LogP contribution in [0.4, 0.5) is 0 Å². The minimum Gasteiger partial charge on any atom is -0.395 e. The van der Waals surface area contributed by atoms with Crippen LogP contribution >= 0.6 is 0 Å². The summed E-state index contributed by atoms with van der Waals surface area (Å²) in [5.41, 5.74) is 0.469. The third kappa shape index (κ3) is 4.32. The lowest BCUT2D eigenvalue weighted by molar-refractivity contribution is -0.112. The molecule has 5 fully saturated rings. The first kappa shape index (κ1) is 20.8. The molecule has 6 nitrogen and oxygen atoms in total.